The van der Waals surface area contributed by atoms with E-state index < -0.39 is 0 Å². The van der Waals surface area contributed by atoms with E-state index in [9.17, 15) is 9.50 Å². The summed E-state index contributed by atoms with van der Waals surface area (Å²) in [6, 6.07) is 20.3. The van der Waals surface area contributed by atoms with Crippen molar-refractivity contribution < 1.29 is 9.50 Å². The van der Waals surface area contributed by atoms with Crippen molar-refractivity contribution in [1.29, 1.82) is 0 Å². The molecule has 160 valence electrons. The van der Waals surface area contributed by atoms with Crippen molar-refractivity contribution in [3.8, 4) is 33.8 Å². The number of halogens is 1. The first kappa shape index (κ1) is 20.3. The van der Waals surface area contributed by atoms with Crippen molar-refractivity contribution in [1.82, 2.24) is 15.0 Å². The van der Waals surface area contributed by atoms with Crippen LogP contribution in [0, 0.1) is 5.82 Å². The average molecular weight is 426 g/mol. The molecule has 32 heavy (non-hydrogen) atoms. The molecular formula is C26H23FN4O. The number of anilines is 1. The van der Waals surface area contributed by atoms with Gasteiger partial charge in [0.25, 0.3) is 0 Å². The molecule has 1 N–H and O–H groups in total. The van der Waals surface area contributed by atoms with E-state index in [1.807, 2.05) is 42.5 Å². The Labute approximate surface area is 186 Å². The monoisotopic (exact) mass is 426 g/mol. The number of aromatic nitrogens is 3. The molecule has 2 aromatic heterocycles. The fourth-order valence-electron chi connectivity index (χ4n) is 3.94. The van der Waals surface area contributed by atoms with Crippen LogP contribution in [0.5, 0.6) is 0 Å². The summed E-state index contributed by atoms with van der Waals surface area (Å²) in [4.78, 5) is 16.3. The summed E-state index contributed by atoms with van der Waals surface area (Å²) in [5.41, 5.74) is 4.37. The van der Waals surface area contributed by atoms with Crippen LogP contribution in [0.25, 0.3) is 33.8 Å². The Hall–Kier alpha value is -3.64. The summed E-state index contributed by atoms with van der Waals surface area (Å²) >= 11 is 0. The molecule has 0 bridgehead atoms. The van der Waals surface area contributed by atoms with Gasteiger partial charge in [-0.1, -0.05) is 42.5 Å². The van der Waals surface area contributed by atoms with Crippen LogP contribution in [-0.4, -0.2) is 39.3 Å². The number of pyridine rings is 1. The number of nitrogens with zero attached hydrogens (tertiary/aromatic N) is 4. The van der Waals surface area contributed by atoms with E-state index in [-0.39, 0.29) is 11.9 Å². The highest BCUT2D eigenvalue weighted by molar-refractivity contribution is 5.73. The number of hydrogen-bond donors (Lipinski definition) is 1. The molecule has 1 saturated heterocycles. The second kappa shape index (κ2) is 8.85. The van der Waals surface area contributed by atoms with Crippen LogP contribution in [0.1, 0.15) is 12.8 Å². The first-order chi connectivity index (χ1) is 15.7. The van der Waals surface area contributed by atoms with Crippen LogP contribution in [0.2, 0.25) is 0 Å². The van der Waals surface area contributed by atoms with E-state index in [4.69, 9.17) is 9.97 Å². The molecule has 0 atom stereocenters. The molecule has 0 saturated carbocycles. The van der Waals surface area contributed by atoms with Gasteiger partial charge in [-0.05, 0) is 36.6 Å². The Bertz CT molecular complexity index is 1210. The van der Waals surface area contributed by atoms with E-state index in [0.717, 1.165) is 59.7 Å². The molecule has 1 aliphatic rings. The number of piperidine rings is 1. The van der Waals surface area contributed by atoms with E-state index >= 15 is 0 Å². The van der Waals surface area contributed by atoms with Crippen LogP contribution in [0.3, 0.4) is 0 Å². The van der Waals surface area contributed by atoms with Gasteiger partial charge in [-0.25, -0.2) is 14.4 Å². The van der Waals surface area contributed by atoms with Gasteiger partial charge in [0.15, 0.2) is 5.82 Å². The van der Waals surface area contributed by atoms with Crippen molar-refractivity contribution in [3.05, 3.63) is 84.9 Å². The topological polar surface area (TPSA) is 62.1 Å². The molecule has 0 spiro atoms. The van der Waals surface area contributed by atoms with Crippen molar-refractivity contribution in [2.45, 2.75) is 18.9 Å². The molecular weight excluding hydrogens is 403 g/mol. The lowest BCUT2D eigenvalue weighted by Crippen LogP contribution is -2.36. The Morgan fingerprint density at radius 1 is 0.781 bits per heavy atom. The lowest BCUT2D eigenvalue weighted by Gasteiger charge is -2.30. The third-order valence-electron chi connectivity index (χ3n) is 5.74. The Balaban J connectivity index is 1.58. The molecule has 5 rings (SSSR count). The molecule has 1 fully saturated rings. The summed E-state index contributed by atoms with van der Waals surface area (Å²) in [7, 11) is 0. The van der Waals surface area contributed by atoms with Crippen molar-refractivity contribution >= 4 is 5.82 Å². The molecule has 4 aromatic rings. The van der Waals surface area contributed by atoms with Gasteiger partial charge in [0, 0.05) is 48.2 Å². The molecule has 3 heterocycles. The molecule has 0 radical (unpaired) electrons. The SMILES string of the molecule is OC1CCN(c2cc(-c3cncc(-c4ccc(F)cc4)c3)nc(-c3ccccc3)n2)CC1. The summed E-state index contributed by atoms with van der Waals surface area (Å²) in [6.45, 7) is 1.50. The largest absolute Gasteiger partial charge is 0.393 e. The van der Waals surface area contributed by atoms with Gasteiger partial charge in [-0.2, -0.15) is 0 Å². The van der Waals surface area contributed by atoms with Crippen LogP contribution in [-0.2, 0) is 0 Å². The minimum atomic E-state index is -0.266. The quantitative estimate of drug-likeness (QED) is 0.499. The van der Waals surface area contributed by atoms with Gasteiger partial charge in [0.1, 0.15) is 11.6 Å². The minimum absolute atomic E-state index is 0.252. The van der Waals surface area contributed by atoms with E-state index in [0.29, 0.717) is 5.82 Å². The first-order valence-corrected chi connectivity index (χ1v) is 10.7. The Kier molecular flexibility index (Phi) is 5.60. The zero-order valence-electron chi connectivity index (χ0n) is 17.5. The second-order valence-corrected chi connectivity index (χ2v) is 7.99. The highest BCUT2D eigenvalue weighted by Gasteiger charge is 2.20. The Morgan fingerprint density at radius 3 is 2.25 bits per heavy atom. The van der Waals surface area contributed by atoms with Gasteiger partial charge in [-0.3, -0.25) is 4.98 Å². The highest BCUT2D eigenvalue weighted by Crippen LogP contribution is 2.29. The maximum atomic E-state index is 13.3. The van der Waals surface area contributed by atoms with E-state index in [1.165, 1.54) is 12.1 Å². The van der Waals surface area contributed by atoms with Crippen molar-refractivity contribution in [2.24, 2.45) is 0 Å². The molecule has 0 unspecified atom stereocenters. The van der Waals surface area contributed by atoms with E-state index in [2.05, 4.69) is 9.88 Å². The third-order valence-corrected chi connectivity index (χ3v) is 5.74. The smallest absolute Gasteiger partial charge is 0.162 e. The fourth-order valence-corrected chi connectivity index (χ4v) is 3.94. The van der Waals surface area contributed by atoms with Crippen LogP contribution >= 0.6 is 0 Å². The third kappa shape index (κ3) is 4.36. The van der Waals surface area contributed by atoms with Gasteiger partial charge in [0.2, 0.25) is 0 Å². The van der Waals surface area contributed by atoms with E-state index in [1.54, 1.807) is 24.5 Å². The molecule has 6 heteroatoms. The van der Waals surface area contributed by atoms with Gasteiger partial charge in [-0.15, -0.1) is 0 Å². The summed E-state index contributed by atoms with van der Waals surface area (Å²) < 4.78 is 13.3. The molecule has 2 aromatic carbocycles. The zero-order chi connectivity index (χ0) is 21.9. The number of aliphatic hydroxyl groups excluding tert-OH is 1. The van der Waals surface area contributed by atoms with Crippen molar-refractivity contribution in [3.63, 3.8) is 0 Å². The minimum Gasteiger partial charge on any atom is -0.393 e. The van der Waals surface area contributed by atoms with Gasteiger partial charge < -0.3 is 10.0 Å². The van der Waals surface area contributed by atoms with Crippen molar-refractivity contribution in [2.75, 3.05) is 18.0 Å². The van der Waals surface area contributed by atoms with Crippen LogP contribution in [0.4, 0.5) is 10.2 Å². The molecule has 0 aliphatic carbocycles. The number of benzene rings is 2. The molecule has 1 aliphatic heterocycles. The predicted octanol–water partition coefficient (Wildman–Crippen LogP) is 4.97. The maximum absolute atomic E-state index is 13.3. The van der Waals surface area contributed by atoms with Crippen LogP contribution < -0.4 is 4.90 Å². The fraction of sp³-hybridized carbons (Fsp3) is 0.192. The standard InChI is InChI=1S/C26H23FN4O/c27-22-8-6-18(7-9-22)20-14-21(17-28-16-20)24-15-25(31-12-10-23(32)11-13-31)30-26(29-24)19-4-2-1-3-5-19/h1-9,14-17,23,32H,10-13H2. The number of rotatable bonds is 4. The summed E-state index contributed by atoms with van der Waals surface area (Å²) in [5.74, 6) is 1.22. The Morgan fingerprint density at radius 2 is 1.50 bits per heavy atom. The predicted molar refractivity (Wildman–Crippen MR) is 124 cm³/mol. The van der Waals surface area contributed by atoms with Gasteiger partial charge >= 0.3 is 0 Å². The molecule has 0 amide bonds. The van der Waals surface area contributed by atoms with Crippen LogP contribution in [0.15, 0.2) is 79.1 Å². The maximum Gasteiger partial charge on any atom is 0.162 e. The van der Waals surface area contributed by atoms with Gasteiger partial charge in [0.05, 0.1) is 11.8 Å². The number of aliphatic hydroxyl groups is 1. The number of hydrogen-bond acceptors (Lipinski definition) is 5. The first-order valence-electron chi connectivity index (χ1n) is 10.7. The normalized spacial score (nSPS) is 14.5. The lowest BCUT2D eigenvalue weighted by molar-refractivity contribution is 0.145. The lowest BCUT2D eigenvalue weighted by atomic mass is 10.0. The highest BCUT2D eigenvalue weighted by atomic mass is 19.1. The summed E-state index contributed by atoms with van der Waals surface area (Å²) in [5, 5.41) is 9.90. The second-order valence-electron chi connectivity index (χ2n) is 7.99. The zero-order valence-corrected chi connectivity index (χ0v) is 17.5. The summed E-state index contributed by atoms with van der Waals surface area (Å²) in [6.07, 6.45) is 4.75. The average Bonchev–Trinajstić information content (AvgIpc) is 2.85. The molecule has 5 nitrogen and oxygen atoms in total.